The normalized spacial score (nSPS) is 13.0. The number of benzene rings is 1. The first kappa shape index (κ1) is 16.6. The SMILES string of the molecule is C[C@H](NC(=O)C(CC(=O)NO)Cc1ccccc1)C(=O)O. The number of amides is 2. The van der Waals surface area contributed by atoms with Crippen LogP contribution in [0.25, 0.3) is 0 Å². The van der Waals surface area contributed by atoms with Gasteiger partial charge >= 0.3 is 5.97 Å². The van der Waals surface area contributed by atoms with Crippen molar-refractivity contribution >= 4 is 17.8 Å². The van der Waals surface area contributed by atoms with Gasteiger partial charge in [-0.1, -0.05) is 30.3 Å². The summed E-state index contributed by atoms with van der Waals surface area (Å²) in [7, 11) is 0. The molecule has 2 amide bonds. The third-order valence-corrected chi connectivity index (χ3v) is 2.98. The maximum atomic E-state index is 12.1. The van der Waals surface area contributed by atoms with Crippen LogP contribution in [0, 0.1) is 5.92 Å². The van der Waals surface area contributed by atoms with Gasteiger partial charge in [-0.2, -0.15) is 0 Å². The topological polar surface area (TPSA) is 116 Å². The van der Waals surface area contributed by atoms with E-state index in [4.69, 9.17) is 10.3 Å². The van der Waals surface area contributed by atoms with Gasteiger partial charge in [-0.15, -0.1) is 0 Å². The average molecular weight is 294 g/mol. The smallest absolute Gasteiger partial charge is 0.325 e. The molecule has 0 radical (unpaired) electrons. The summed E-state index contributed by atoms with van der Waals surface area (Å²) in [5.41, 5.74) is 2.32. The molecule has 0 aromatic heterocycles. The van der Waals surface area contributed by atoms with Crippen LogP contribution in [0.5, 0.6) is 0 Å². The van der Waals surface area contributed by atoms with Crippen LogP contribution in [-0.2, 0) is 20.8 Å². The van der Waals surface area contributed by atoms with Crippen molar-refractivity contribution in [2.45, 2.75) is 25.8 Å². The Kier molecular flexibility index (Phi) is 6.35. The Hall–Kier alpha value is -2.41. The lowest BCUT2D eigenvalue weighted by molar-refractivity contribution is -0.142. The molecule has 0 fully saturated rings. The molecule has 1 aromatic rings. The average Bonchev–Trinajstić information content (AvgIpc) is 2.47. The summed E-state index contributed by atoms with van der Waals surface area (Å²) in [6.07, 6.45) is 0.0377. The first-order valence-corrected chi connectivity index (χ1v) is 6.44. The van der Waals surface area contributed by atoms with Crippen LogP contribution in [0.2, 0.25) is 0 Å². The molecule has 0 aliphatic heterocycles. The Labute approximate surface area is 121 Å². The second-order valence-corrected chi connectivity index (χ2v) is 4.69. The fourth-order valence-corrected chi connectivity index (χ4v) is 1.82. The molecule has 1 unspecified atom stereocenters. The summed E-state index contributed by atoms with van der Waals surface area (Å²) in [6.45, 7) is 1.34. The van der Waals surface area contributed by atoms with Gasteiger partial charge in [-0.25, -0.2) is 5.48 Å². The van der Waals surface area contributed by atoms with Gasteiger partial charge in [0, 0.05) is 6.42 Å². The minimum absolute atomic E-state index is 0.233. The quantitative estimate of drug-likeness (QED) is 0.427. The van der Waals surface area contributed by atoms with Gasteiger partial charge in [0.25, 0.3) is 0 Å². The Morgan fingerprint density at radius 3 is 2.33 bits per heavy atom. The summed E-state index contributed by atoms with van der Waals surface area (Å²) in [5.74, 6) is -3.17. The third-order valence-electron chi connectivity index (χ3n) is 2.98. The number of hydroxylamine groups is 1. The van der Waals surface area contributed by atoms with Crippen molar-refractivity contribution in [3.63, 3.8) is 0 Å². The molecule has 114 valence electrons. The highest BCUT2D eigenvalue weighted by Crippen LogP contribution is 2.13. The Bertz CT molecular complexity index is 503. The molecule has 0 saturated heterocycles. The highest BCUT2D eigenvalue weighted by molar-refractivity contribution is 5.88. The van der Waals surface area contributed by atoms with Crippen molar-refractivity contribution in [2.24, 2.45) is 5.92 Å². The number of hydrogen-bond donors (Lipinski definition) is 4. The zero-order valence-corrected chi connectivity index (χ0v) is 11.6. The van der Waals surface area contributed by atoms with Crippen LogP contribution in [-0.4, -0.2) is 34.1 Å². The number of nitrogens with one attached hydrogen (secondary N) is 2. The molecule has 7 heteroatoms. The first-order chi connectivity index (χ1) is 9.93. The van der Waals surface area contributed by atoms with Crippen molar-refractivity contribution in [3.05, 3.63) is 35.9 Å². The Morgan fingerprint density at radius 2 is 1.81 bits per heavy atom. The highest BCUT2D eigenvalue weighted by atomic mass is 16.5. The van der Waals surface area contributed by atoms with E-state index in [2.05, 4.69) is 5.32 Å². The van der Waals surface area contributed by atoms with Crippen LogP contribution in [0.3, 0.4) is 0 Å². The van der Waals surface area contributed by atoms with Gasteiger partial charge in [-0.05, 0) is 18.9 Å². The molecule has 21 heavy (non-hydrogen) atoms. The van der Waals surface area contributed by atoms with Crippen LogP contribution in [0.1, 0.15) is 18.9 Å². The van der Waals surface area contributed by atoms with E-state index in [9.17, 15) is 14.4 Å². The summed E-state index contributed by atoms with van der Waals surface area (Å²) >= 11 is 0. The summed E-state index contributed by atoms with van der Waals surface area (Å²) in [5, 5.41) is 19.7. The molecule has 0 aliphatic carbocycles. The molecular weight excluding hydrogens is 276 g/mol. The number of carboxylic acid groups (broad SMARTS) is 1. The Morgan fingerprint density at radius 1 is 1.19 bits per heavy atom. The number of aliphatic carboxylic acids is 1. The van der Waals surface area contributed by atoms with E-state index in [0.717, 1.165) is 5.56 Å². The van der Waals surface area contributed by atoms with Crippen LogP contribution in [0.15, 0.2) is 30.3 Å². The molecule has 0 saturated carbocycles. The van der Waals surface area contributed by atoms with Gasteiger partial charge in [0.05, 0.1) is 5.92 Å². The second kappa shape index (κ2) is 8.01. The molecule has 7 nitrogen and oxygen atoms in total. The predicted molar refractivity (Wildman–Crippen MR) is 73.4 cm³/mol. The van der Waals surface area contributed by atoms with Crippen molar-refractivity contribution in [1.82, 2.24) is 10.8 Å². The van der Waals surface area contributed by atoms with Gasteiger partial charge in [0.2, 0.25) is 11.8 Å². The number of hydrogen-bond acceptors (Lipinski definition) is 4. The minimum atomic E-state index is -1.16. The first-order valence-electron chi connectivity index (χ1n) is 6.44. The third kappa shape index (κ3) is 5.62. The van der Waals surface area contributed by atoms with Crippen molar-refractivity contribution in [1.29, 1.82) is 0 Å². The van der Waals surface area contributed by atoms with E-state index in [-0.39, 0.29) is 12.8 Å². The zero-order valence-electron chi connectivity index (χ0n) is 11.6. The molecule has 0 bridgehead atoms. The van der Waals surface area contributed by atoms with E-state index in [1.54, 1.807) is 24.3 Å². The fourth-order valence-electron chi connectivity index (χ4n) is 1.82. The van der Waals surface area contributed by atoms with Crippen molar-refractivity contribution in [2.75, 3.05) is 0 Å². The molecule has 2 atom stereocenters. The fraction of sp³-hybridized carbons (Fsp3) is 0.357. The number of rotatable bonds is 7. The molecule has 0 aliphatic rings. The van der Waals surface area contributed by atoms with Crippen LogP contribution >= 0.6 is 0 Å². The summed E-state index contributed by atoms with van der Waals surface area (Å²) in [4.78, 5) is 34.1. The van der Waals surface area contributed by atoms with Gasteiger partial charge in [-0.3, -0.25) is 19.6 Å². The van der Waals surface area contributed by atoms with E-state index in [0.29, 0.717) is 0 Å². The van der Waals surface area contributed by atoms with Crippen LogP contribution in [0.4, 0.5) is 0 Å². The molecule has 4 N–H and O–H groups in total. The molecule has 0 heterocycles. The van der Waals surface area contributed by atoms with E-state index in [1.807, 2.05) is 6.07 Å². The minimum Gasteiger partial charge on any atom is -0.480 e. The molecular formula is C14H18N2O5. The Balaban J connectivity index is 2.78. The number of carboxylic acids is 1. The monoisotopic (exact) mass is 294 g/mol. The number of carbonyl (C=O) groups is 3. The second-order valence-electron chi connectivity index (χ2n) is 4.69. The lowest BCUT2D eigenvalue weighted by atomic mass is 9.94. The lowest BCUT2D eigenvalue weighted by Gasteiger charge is -2.18. The van der Waals surface area contributed by atoms with E-state index >= 15 is 0 Å². The lowest BCUT2D eigenvalue weighted by Crippen LogP contribution is -2.43. The highest BCUT2D eigenvalue weighted by Gasteiger charge is 2.25. The van der Waals surface area contributed by atoms with Gasteiger partial charge in [0.15, 0.2) is 0 Å². The van der Waals surface area contributed by atoms with Crippen LogP contribution < -0.4 is 10.8 Å². The largest absolute Gasteiger partial charge is 0.480 e. The molecule has 0 spiro atoms. The maximum Gasteiger partial charge on any atom is 0.325 e. The van der Waals surface area contributed by atoms with E-state index in [1.165, 1.54) is 12.4 Å². The summed E-state index contributed by atoms with van der Waals surface area (Å²) in [6, 6.07) is 7.99. The van der Waals surface area contributed by atoms with Crippen molar-refractivity contribution in [3.8, 4) is 0 Å². The summed E-state index contributed by atoms with van der Waals surface area (Å²) < 4.78 is 0. The van der Waals surface area contributed by atoms with Gasteiger partial charge < -0.3 is 10.4 Å². The number of carbonyl (C=O) groups excluding carboxylic acids is 2. The van der Waals surface area contributed by atoms with Gasteiger partial charge in [0.1, 0.15) is 6.04 Å². The predicted octanol–water partition coefficient (Wildman–Crippen LogP) is 0.330. The zero-order chi connectivity index (χ0) is 15.8. The van der Waals surface area contributed by atoms with Crippen molar-refractivity contribution < 1.29 is 24.7 Å². The standard InChI is InChI=1S/C14H18N2O5/c1-9(14(19)20)15-13(18)11(8-12(17)16-21)7-10-5-3-2-4-6-10/h2-6,9,11,21H,7-8H2,1H3,(H,15,18)(H,16,17)(H,19,20)/t9-,11?/m0/s1. The van der Waals surface area contributed by atoms with E-state index < -0.39 is 29.7 Å². The molecule has 1 aromatic carbocycles. The maximum absolute atomic E-state index is 12.1. The molecule has 1 rings (SSSR count).